The number of nitrogens with zero attached hydrogens (tertiary/aromatic N) is 3. The molecule has 0 unspecified atom stereocenters. The zero-order valence-corrected chi connectivity index (χ0v) is 21.4. The molecular formula is C27H24F3N3O5S. The highest BCUT2D eigenvalue weighted by Crippen LogP contribution is 2.45. The second-order valence-electron chi connectivity index (χ2n) is 9.63. The summed E-state index contributed by atoms with van der Waals surface area (Å²) in [5, 5.41) is 14.1. The van der Waals surface area contributed by atoms with Crippen LogP contribution in [-0.2, 0) is 11.3 Å². The molecule has 3 heterocycles. The van der Waals surface area contributed by atoms with Crippen molar-refractivity contribution in [3.63, 3.8) is 0 Å². The first-order valence-corrected chi connectivity index (χ1v) is 13.4. The molecule has 0 radical (unpaired) electrons. The molecule has 2 aromatic carbocycles. The highest BCUT2D eigenvalue weighted by atomic mass is 32.1. The number of carboxylic acid groups (broad SMARTS) is 1. The van der Waals surface area contributed by atoms with Crippen LogP contribution in [0, 0.1) is 5.82 Å². The van der Waals surface area contributed by atoms with Gasteiger partial charge in [0, 0.05) is 30.1 Å². The standard InChI is InChI=1S/C27H24F3N3O5S/c28-19-11-15(25(34)35)12-21-23(19)31-27(39-21)33-9-7-16(8-10-33)36-13-18-22(32-38-24(18)14-5-6-14)17-3-1-2-4-20(17)37-26(29)30/h1-4,11-12,14,16,26H,5-10,13H2,(H,34,35). The number of hydrogen-bond acceptors (Lipinski definition) is 8. The van der Waals surface area contributed by atoms with E-state index in [1.54, 1.807) is 18.2 Å². The minimum Gasteiger partial charge on any atom is -0.478 e. The molecule has 2 fully saturated rings. The maximum absolute atomic E-state index is 14.4. The molecule has 0 bridgehead atoms. The summed E-state index contributed by atoms with van der Waals surface area (Å²) in [5.41, 5.74) is 1.69. The molecule has 1 saturated heterocycles. The Hall–Kier alpha value is -3.64. The number of piperidine rings is 1. The normalized spacial score (nSPS) is 16.4. The molecule has 6 rings (SSSR count). The van der Waals surface area contributed by atoms with Crippen molar-refractivity contribution in [2.75, 3.05) is 18.0 Å². The first-order valence-electron chi connectivity index (χ1n) is 12.6. The van der Waals surface area contributed by atoms with Crippen LogP contribution in [-0.4, -0.2) is 47.0 Å². The summed E-state index contributed by atoms with van der Waals surface area (Å²) < 4.78 is 57.5. The number of ether oxygens (including phenoxy) is 2. The molecule has 1 saturated carbocycles. The molecule has 2 aliphatic rings. The summed E-state index contributed by atoms with van der Waals surface area (Å²) >= 11 is 1.26. The quantitative estimate of drug-likeness (QED) is 0.250. The first-order chi connectivity index (χ1) is 18.9. The van der Waals surface area contributed by atoms with Crippen molar-refractivity contribution in [2.45, 2.75) is 50.9 Å². The Morgan fingerprint density at radius 3 is 2.67 bits per heavy atom. The van der Waals surface area contributed by atoms with Gasteiger partial charge in [0.05, 0.1) is 23.0 Å². The lowest BCUT2D eigenvalue weighted by Crippen LogP contribution is -2.37. The number of aromatic carboxylic acids is 1. The molecular weight excluding hydrogens is 535 g/mol. The number of carboxylic acids is 1. The van der Waals surface area contributed by atoms with Gasteiger partial charge in [-0.3, -0.25) is 0 Å². The summed E-state index contributed by atoms with van der Waals surface area (Å²) in [6.07, 6.45) is 3.29. The number of halogens is 3. The Bertz CT molecular complexity index is 1510. The lowest BCUT2D eigenvalue weighted by molar-refractivity contribution is -0.0494. The Morgan fingerprint density at radius 2 is 1.95 bits per heavy atom. The predicted octanol–water partition coefficient (Wildman–Crippen LogP) is 6.45. The minimum atomic E-state index is -2.96. The van der Waals surface area contributed by atoms with Crippen LogP contribution in [0.1, 0.15) is 53.3 Å². The molecule has 0 amide bonds. The van der Waals surface area contributed by atoms with E-state index in [2.05, 4.69) is 10.1 Å². The molecule has 8 nitrogen and oxygen atoms in total. The molecule has 2 aromatic heterocycles. The average molecular weight is 560 g/mol. The summed E-state index contributed by atoms with van der Waals surface area (Å²) in [6, 6.07) is 8.93. The third-order valence-electron chi connectivity index (χ3n) is 6.98. The van der Waals surface area contributed by atoms with Gasteiger partial charge >= 0.3 is 12.6 Å². The van der Waals surface area contributed by atoms with E-state index in [0.717, 1.165) is 30.2 Å². The molecule has 39 heavy (non-hydrogen) atoms. The maximum atomic E-state index is 14.4. The number of para-hydroxylation sites is 1. The lowest BCUT2D eigenvalue weighted by Gasteiger charge is -2.31. The van der Waals surface area contributed by atoms with Gasteiger partial charge in [-0.1, -0.05) is 28.6 Å². The van der Waals surface area contributed by atoms with Crippen molar-refractivity contribution in [1.82, 2.24) is 10.1 Å². The SMILES string of the molecule is O=C(O)c1cc(F)c2nc(N3CCC(OCc4c(-c5ccccc5OC(F)F)noc4C4CC4)CC3)sc2c1. The largest absolute Gasteiger partial charge is 0.478 e. The van der Waals surface area contributed by atoms with E-state index in [9.17, 15) is 23.1 Å². The Morgan fingerprint density at radius 1 is 1.18 bits per heavy atom. The second kappa shape index (κ2) is 10.5. The molecule has 4 aromatic rings. The topological polar surface area (TPSA) is 97.9 Å². The maximum Gasteiger partial charge on any atom is 0.387 e. The van der Waals surface area contributed by atoms with Gasteiger partial charge in [0.15, 0.2) is 10.9 Å². The third kappa shape index (κ3) is 5.30. The van der Waals surface area contributed by atoms with Crippen molar-refractivity contribution in [3.8, 4) is 17.0 Å². The molecule has 204 valence electrons. The zero-order valence-electron chi connectivity index (χ0n) is 20.6. The van der Waals surface area contributed by atoms with E-state index in [0.29, 0.717) is 47.0 Å². The van der Waals surface area contributed by atoms with Gasteiger partial charge in [0.2, 0.25) is 0 Å². The number of aromatic nitrogens is 2. The van der Waals surface area contributed by atoms with E-state index in [1.165, 1.54) is 23.5 Å². The highest BCUT2D eigenvalue weighted by Gasteiger charge is 2.34. The van der Waals surface area contributed by atoms with Crippen molar-refractivity contribution < 1.29 is 37.1 Å². The highest BCUT2D eigenvalue weighted by molar-refractivity contribution is 7.22. The van der Waals surface area contributed by atoms with Gasteiger partial charge in [-0.25, -0.2) is 14.2 Å². The van der Waals surface area contributed by atoms with Crippen LogP contribution in [0.2, 0.25) is 0 Å². The number of carbonyl (C=O) groups is 1. The number of thiazole rings is 1. The summed E-state index contributed by atoms with van der Waals surface area (Å²) in [6.45, 7) is -1.47. The van der Waals surface area contributed by atoms with Gasteiger partial charge < -0.3 is 24.0 Å². The second-order valence-corrected chi connectivity index (χ2v) is 10.6. The molecule has 1 aliphatic heterocycles. The van der Waals surface area contributed by atoms with Crippen molar-refractivity contribution in [1.29, 1.82) is 0 Å². The van der Waals surface area contributed by atoms with E-state index in [-0.39, 0.29) is 35.5 Å². The monoisotopic (exact) mass is 559 g/mol. The molecule has 0 atom stereocenters. The van der Waals surface area contributed by atoms with E-state index in [1.807, 2.05) is 4.90 Å². The average Bonchev–Trinajstić information content (AvgIpc) is 3.52. The van der Waals surface area contributed by atoms with Gasteiger partial charge in [-0.05, 0) is 49.9 Å². The summed E-state index contributed by atoms with van der Waals surface area (Å²) in [4.78, 5) is 17.7. The van der Waals surface area contributed by atoms with Crippen LogP contribution in [0.25, 0.3) is 21.5 Å². The Kier molecular flexibility index (Phi) is 6.90. The fourth-order valence-corrected chi connectivity index (χ4v) is 5.92. The van der Waals surface area contributed by atoms with Crippen molar-refractivity contribution >= 4 is 32.7 Å². The van der Waals surface area contributed by atoms with Gasteiger partial charge in [0.1, 0.15) is 22.7 Å². The van der Waals surface area contributed by atoms with Gasteiger partial charge in [-0.15, -0.1) is 0 Å². The fourth-order valence-electron chi connectivity index (χ4n) is 4.85. The first kappa shape index (κ1) is 25.6. The number of fused-ring (bicyclic) bond motifs is 1. The van der Waals surface area contributed by atoms with Crippen LogP contribution in [0.4, 0.5) is 18.3 Å². The van der Waals surface area contributed by atoms with E-state index < -0.39 is 18.4 Å². The Balaban J connectivity index is 1.15. The van der Waals surface area contributed by atoms with E-state index in [4.69, 9.17) is 14.0 Å². The van der Waals surface area contributed by atoms with Gasteiger partial charge in [0.25, 0.3) is 0 Å². The van der Waals surface area contributed by atoms with Crippen LogP contribution in [0.3, 0.4) is 0 Å². The smallest absolute Gasteiger partial charge is 0.387 e. The molecule has 12 heteroatoms. The van der Waals surface area contributed by atoms with Gasteiger partial charge in [-0.2, -0.15) is 8.78 Å². The zero-order chi connectivity index (χ0) is 27.1. The molecule has 0 spiro atoms. The number of benzene rings is 2. The summed E-state index contributed by atoms with van der Waals surface area (Å²) in [5.74, 6) is -0.834. The minimum absolute atomic E-state index is 0.0282. The van der Waals surface area contributed by atoms with Crippen molar-refractivity contribution in [2.24, 2.45) is 0 Å². The Labute approximate surface area is 224 Å². The van der Waals surface area contributed by atoms with Crippen LogP contribution in [0.5, 0.6) is 5.75 Å². The number of anilines is 1. The predicted molar refractivity (Wildman–Crippen MR) is 137 cm³/mol. The number of hydrogen-bond donors (Lipinski definition) is 1. The molecule has 1 aliphatic carbocycles. The summed E-state index contributed by atoms with van der Waals surface area (Å²) in [7, 11) is 0. The van der Waals surface area contributed by atoms with Crippen LogP contribution in [0.15, 0.2) is 40.9 Å². The lowest BCUT2D eigenvalue weighted by atomic mass is 10.0. The number of rotatable bonds is 9. The molecule has 1 N–H and O–H groups in total. The van der Waals surface area contributed by atoms with Crippen LogP contribution < -0.4 is 9.64 Å². The van der Waals surface area contributed by atoms with Crippen LogP contribution >= 0.6 is 11.3 Å². The third-order valence-corrected chi connectivity index (χ3v) is 8.05. The fraction of sp³-hybridized carbons (Fsp3) is 0.370. The van der Waals surface area contributed by atoms with E-state index >= 15 is 0 Å². The number of alkyl halides is 2. The van der Waals surface area contributed by atoms with Crippen molar-refractivity contribution in [3.05, 3.63) is 59.1 Å².